The molecule has 1 aromatic carbocycles. The average molecular weight is 218 g/mol. The third-order valence-corrected chi connectivity index (χ3v) is 2.13. The van der Waals surface area contributed by atoms with Gasteiger partial charge in [0.05, 0.1) is 13.2 Å². The molecule has 2 rings (SSSR count). The number of aromatic amines is 1. The molecule has 1 heterocycles. The predicted octanol–water partition coefficient (Wildman–Crippen LogP) is 1.33. The Bertz CT molecular complexity index is 467. The van der Waals surface area contributed by atoms with Gasteiger partial charge >= 0.3 is 0 Å². The zero-order valence-electron chi connectivity index (χ0n) is 9.10. The fourth-order valence-corrected chi connectivity index (χ4v) is 1.41. The summed E-state index contributed by atoms with van der Waals surface area (Å²) in [5.41, 5.74) is 6.38. The maximum absolute atomic E-state index is 5.46. The molecule has 0 radical (unpaired) electrons. The topological polar surface area (TPSA) is 76.8 Å². The lowest BCUT2D eigenvalue weighted by atomic mass is 10.2. The summed E-state index contributed by atoms with van der Waals surface area (Å²) in [4.78, 5) is 4.25. The van der Waals surface area contributed by atoms with Gasteiger partial charge in [-0.1, -0.05) is 12.1 Å². The molecule has 1 aromatic heterocycles. The van der Waals surface area contributed by atoms with Crippen LogP contribution in [-0.2, 0) is 6.54 Å². The first-order valence-corrected chi connectivity index (χ1v) is 5.18. The predicted molar refractivity (Wildman–Crippen MR) is 60.9 cm³/mol. The van der Waals surface area contributed by atoms with Crippen molar-refractivity contribution in [3.63, 3.8) is 0 Å². The molecule has 0 aliphatic heterocycles. The molecule has 0 unspecified atom stereocenters. The Morgan fingerprint density at radius 2 is 2.31 bits per heavy atom. The highest BCUT2D eigenvalue weighted by Crippen LogP contribution is 2.20. The molecule has 0 saturated heterocycles. The number of nitrogens with one attached hydrogen (secondary N) is 1. The molecule has 5 nitrogen and oxygen atoms in total. The first-order valence-electron chi connectivity index (χ1n) is 5.18. The number of hydrogen-bond donors (Lipinski definition) is 2. The van der Waals surface area contributed by atoms with Crippen molar-refractivity contribution in [1.82, 2.24) is 15.2 Å². The normalized spacial score (nSPS) is 10.4. The highest BCUT2D eigenvalue weighted by molar-refractivity contribution is 5.57. The summed E-state index contributed by atoms with van der Waals surface area (Å²) >= 11 is 0. The number of hydrogen-bond acceptors (Lipinski definition) is 4. The van der Waals surface area contributed by atoms with Gasteiger partial charge in [-0.3, -0.25) is 5.10 Å². The highest BCUT2D eigenvalue weighted by Gasteiger charge is 2.05. The summed E-state index contributed by atoms with van der Waals surface area (Å²) in [6, 6.07) is 7.67. The summed E-state index contributed by atoms with van der Waals surface area (Å²) in [6.07, 6.45) is 0. The minimum Gasteiger partial charge on any atom is -0.494 e. The Balaban J connectivity index is 2.28. The van der Waals surface area contributed by atoms with Crippen LogP contribution in [0.2, 0.25) is 0 Å². The summed E-state index contributed by atoms with van der Waals surface area (Å²) in [7, 11) is 0. The Morgan fingerprint density at radius 3 is 3.00 bits per heavy atom. The maximum atomic E-state index is 5.46. The van der Waals surface area contributed by atoms with Crippen LogP contribution in [0, 0.1) is 0 Å². The Hall–Kier alpha value is -1.88. The minimum absolute atomic E-state index is 0.359. The number of aromatic nitrogens is 3. The van der Waals surface area contributed by atoms with Gasteiger partial charge in [0.1, 0.15) is 11.6 Å². The van der Waals surface area contributed by atoms with E-state index in [1.807, 2.05) is 31.2 Å². The second kappa shape index (κ2) is 4.76. The quantitative estimate of drug-likeness (QED) is 0.811. The second-order valence-corrected chi connectivity index (χ2v) is 3.27. The Kier molecular flexibility index (Phi) is 3.16. The first kappa shape index (κ1) is 10.6. The van der Waals surface area contributed by atoms with Crippen LogP contribution in [0.4, 0.5) is 0 Å². The van der Waals surface area contributed by atoms with Crippen LogP contribution in [0.25, 0.3) is 11.4 Å². The molecule has 0 amide bonds. The fourth-order valence-electron chi connectivity index (χ4n) is 1.41. The van der Waals surface area contributed by atoms with E-state index in [-0.39, 0.29) is 0 Å². The zero-order chi connectivity index (χ0) is 11.4. The number of nitrogens with zero attached hydrogens (tertiary/aromatic N) is 2. The molecule has 84 valence electrons. The van der Waals surface area contributed by atoms with Crippen molar-refractivity contribution in [3.8, 4) is 17.1 Å². The van der Waals surface area contributed by atoms with E-state index in [9.17, 15) is 0 Å². The van der Waals surface area contributed by atoms with Crippen molar-refractivity contribution in [2.45, 2.75) is 13.5 Å². The summed E-state index contributed by atoms with van der Waals surface area (Å²) < 4.78 is 5.41. The zero-order valence-corrected chi connectivity index (χ0v) is 9.10. The molecule has 0 spiro atoms. The lowest BCUT2D eigenvalue weighted by Crippen LogP contribution is -1.97. The number of H-pyrrole nitrogens is 1. The van der Waals surface area contributed by atoms with Gasteiger partial charge in [0.25, 0.3) is 0 Å². The standard InChI is InChI=1S/C11H14N4O/c1-2-16-9-5-3-4-8(6-9)11-13-10(7-12)14-15-11/h3-6H,2,7,12H2,1H3,(H,13,14,15). The average Bonchev–Trinajstić information content (AvgIpc) is 2.78. The van der Waals surface area contributed by atoms with Crippen LogP contribution < -0.4 is 10.5 Å². The monoisotopic (exact) mass is 218 g/mol. The van der Waals surface area contributed by atoms with Gasteiger partial charge in [0.15, 0.2) is 5.82 Å². The molecule has 3 N–H and O–H groups in total. The van der Waals surface area contributed by atoms with Gasteiger partial charge in [-0.05, 0) is 19.1 Å². The van der Waals surface area contributed by atoms with E-state index < -0.39 is 0 Å². The second-order valence-electron chi connectivity index (χ2n) is 3.27. The molecule has 0 fully saturated rings. The van der Waals surface area contributed by atoms with E-state index >= 15 is 0 Å². The SMILES string of the molecule is CCOc1cccc(-c2n[nH]c(CN)n2)c1. The van der Waals surface area contributed by atoms with Crippen LogP contribution in [0.15, 0.2) is 24.3 Å². The van der Waals surface area contributed by atoms with Crippen LogP contribution in [0.3, 0.4) is 0 Å². The molecule has 0 aliphatic carbocycles. The fraction of sp³-hybridized carbons (Fsp3) is 0.273. The van der Waals surface area contributed by atoms with Crippen molar-refractivity contribution in [2.75, 3.05) is 6.61 Å². The first-order chi connectivity index (χ1) is 7.83. The van der Waals surface area contributed by atoms with Crippen LogP contribution in [0.1, 0.15) is 12.7 Å². The van der Waals surface area contributed by atoms with Crippen molar-refractivity contribution in [1.29, 1.82) is 0 Å². The van der Waals surface area contributed by atoms with Gasteiger partial charge < -0.3 is 10.5 Å². The van der Waals surface area contributed by atoms with Crippen LogP contribution >= 0.6 is 0 Å². The molecule has 5 heteroatoms. The van der Waals surface area contributed by atoms with E-state index in [0.29, 0.717) is 24.8 Å². The van der Waals surface area contributed by atoms with Gasteiger partial charge in [-0.15, -0.1) is 0 Å². The molecule has 0 aliphatic rings. The molecular formula is C11H14N4O. The molecule has 16 heavy (non-hydrogen) atoms. The molecule has 0 saturated carbocycles. The Labute approximate surface area is 93.7 Å². The number of benzene rings is 1. The van der Waals surface area contributed by atoms with Gasteiger partial charge in [0, 0.05) is 5.56 Å². The van der Waals surface area contributed by atoms with Crippen molar-refractivity contribution >= 4 is 0 Å². The third-order valence-electron chi connectivity index (χ3n) is 2.13. The van der Waals surface area contributed by atoms with Gasteiger partial charge in [0.2, 0.25) is 0 Å². The van der Waals surface area contributed by atoms with Crippen molar-refractivity contribution in [2.24, 2.45) is 5.73 Å². The number of nitrogens with two attached hydrogens (primary N) is 1. The van der Waals surface area contributed by atoms with E-state index in [0.717, 1.165) is 11.3 Å². The molecule has 0 bridgehead atoms. The third kappa shape index (κ3) is 2.20. The smallest absolute Gasteiger partial charge is 0.181 e. The number of rotatable bonds is 4. The maximum Gasteiger partial charge on any atom is 0.181 e. The van der Waals surface area contributed by atoms with Crippen molar-refractivity contribution < 1.29 is 4.74 Å². The van der Waals surface area contributed by atoms with Crippen LogP contribution in [0.5, 0.6) is 5.75 Å². The minimum atomic E-state index is 0.359. The van der Waals surface area contributed by atoms with Crippen molar-refractivity contribution in [3.05, 3.63) is 30.1 Å². The lowest BCUT2D eigenvalue weighted by Gasteiger charge is -2.03. The summed E-state index contributed by atoms with van der Waals surface area (Å²) in [5.74, 6) is 2.14. The largest absolute Gasteiger partial charge is 0.494 e. The lowest BCUT2D eigenvalue weighted by molar-refractivity contribution is 0.340. The molecular weight excluding hydrogens is 204 g/mol. The van der Waals surface area contributed by atoms with E-state index in [2.05, 4.69) is 15.2 Å². The Morgan fingerprint density at radius 1 is 1.44 bits per heavy atom. The van der Waals surface area contributed by atoms with Gasteiger partial charge in [-0.25, -0.2) is 4.98 Å². The van der Waals surface area contributed by atoms with E-state index in [1.54, 1.807) is 0 Å². The number of ether oxygens (including phenoxy) is 1. The molecule has 2 aromatic rings. The molecule has 0 atom stereocenters. The van der Waals surface area contributed by atoms with Crippen LogP contribution in [-0.4, -0.2) is 21.8 Å². The van der Waals surface area contributed by atoms with E-state index in [1.165, 1.54) is 0 Å². The summed E-state index contributed by atoms with van der Waals surface area (Å²) in [6.45, 7) is 2.95. The van der Waals surface area contributed by atoms with Gasteiger partial charge in [-0.2, -0.15) is 5.10 Å². The van der Waals surface area contributed by atoms with E-state index in [4.69, 9.17) is 10.5 Å². The highest BCUT2D eigenvalue weighted by atomic mass is 16.5. The summed E-state index contributed by atoms with van der Waals surface area (Å²) in [5, 5.41) is 6.87.